The average Bonchev–Trinajstić information content (AvgIpc) is 3.43. The number of aromatic nitrogens is 1. The van der Waals surface area contributed by atoms with Crippen LogP contribution in [0.3, 0.4) is 0 Å². The normalized spacial score (nSPS) is 12.2. The molecule has 0 saturated carbocycles. The highest BCUT2D eigenvalue weighted by Crippen LogP contribution is 2.33. The quantitative estimate of drug-likeness (QED) is 0.243. The molecule has 2 aromatic heterocycles. The molecule has 4 rings (SSSR count). The molecule has 4 aromatic rings. The Morgan fingerprint density at radius 3 is 2.59 bits per heavy atom. The van der Waals surface area contributed by atoms with E-state index in [4.69, 9.17) is 15.2 Å². The number of rotatable bonds is 12. The van der Waals surface area contributed by atoms with Crippen molar-refractivity contribution >= 4 is 17.2 Å². The van der Waals surface area contributed by atoms with Gasteiger partial charge in [-0.25, -0.2) is 4.98 Å². The number of nitrogens with zero attached hydrogens (tertiary/aromatic N) is 1. The van der Waals surface area contributed by atoms with Crippen LogP contribution < -0.4 is 20.5 Å². The molecule has 192 valence electrons. The first kappa shape index (κ1) is 26.3. The van der Waals surface area contributed by atoms with Crippen molar-refractivity contribution < 1.29 is 19.4 Å². The number of aliphatic hydroxyl groups is 1. The minimum absolute atomic E-state index is 0.180. The van der Waals surface area contributed by atoms with Crippen molar-refractivity contribution in [2.45, 2.75) is 31.9 Å². The zero-order valence-electron chi connectivity index (χ0n) is 20.9. The lowest BCUT2D eigenvalue weighted by Crippen LogP contribution is -2.46. The summed E-state index contributed by atoms with van der Waals surface area (Å²) in [7, 11) is 0. The van der Waals surface area contributed by atoms with Crippen LogP contribution in [0, 0.1) is 0 Å². The molecule has 0 aliphatic rings. The largest absolute Gasteiger partial charge is 0.490 e. The Kier molecular flexibility index (Phi) is 8.55. The van der Waals surface area contributed by atoms with Gasteiger partial charge in [0.05, 0.1) is 0 Å². The first-order chi connectivity index (χ1) is 17.8. The number of nitrogens with one attached hydrogen (secondary N) is 1. The van der Waals surface area contributed by atoms with Crippen molar-refractivity contribution in [3.63, 3.8) is 0 Å². The van der Waals surface area contributed by atoms with E-state index in [0.717, 1.165) is 28.2 Å². The molecule has 0 aliphatic heterocycles. The number of hydrogen-bond donors (Lipinski definition) is 3. The third-order valence-corrected chi connectivity index (χ3v) is 6.64. The number of para-hydroxylation sites is 1. The number of carbonyl (C=O) groups is 1. The first-order valence-corrected chi connectivity index (χ1v) is 12.9. The van der Waals surface area contributed by atoms with Crippen LogP contribution in [-0.2, 0) is 6.42 Å². The average molecular weight is 518 g/mol. The van der Waals surface area contributed by atoms with Crippen LogP contribution >= 0.6 is 11.3 Å². The van der Waals surface area contributed by atoms with Gasteiger partial charge >= 0.3 is 0 Å². The fourth-order valence-electron chi connectivity index (χ4n) is 3.89. The van der Waals surface area contributed by atoms with Crippen molar-refractivity contribution in [2.24, 2.45) is 5.73 Å². The summed E-state index contributed by atoms with van der Waals surface area (Å²) in [6, 6.07) is 22.8. The van der Waals surface area contributed by atoms with Crippen LogP contribution in [0.25, 0.3) is 10.4 Å². The van der Waals surface area contributed by atoms with Crippen molar-refractivity contribution in [3.05, 3.63) is 95.5 Å². The first-order valence-electron chi connectivity index (χ1n) is 12.0. The van der Waals surface area contributed by atoms with Gasteiger partial charge in [-0.2, -0.15) is 0 Å². The maximum absolute atomic E-state index is 11.6. The number of aliphatic hydroxyl groups excluding tert-OH is 1. The van der Waals surface area contributed by atoms with E-state index in [9.17, 15) is 9.90 Å². The van der Waals surface area contributed by atoms with Gasteiger partial charge in [-0.05, 0) is 73.7 Å². The van der Waals surface area contributed by atoms with Crippen LogP contribution in [0.4, 0.5) is 0 Å². The predicted octanol–water partition coefficient (Wildman–Crippen LogP) is 5.05. The Balaban J connectivity index is 1.28. The lowest BCUT2D eigenvalue weighted by atomic mass is 9.94. The number of pyridine rings is 1. The van der Waals surface area contributed by atoms with Gasteiger partial charge in [-0.1, -0.05) is 30.3 Å². The number of hydrogen-bond acceptors (Lipinski definition) is 7. The monoisotopic (exact) mass is 517 g/mol. The molecule has 0 spiro atoms. The van der Waals surface area contributed by atoms with Crippen LogP contribution in [0.15, 0.2) is 84.4 Å². The van der Waals surface area contributed by atoms with E-state index < -0.39 is 12.0 Å². The number of nitrogens with two attached hydrogens (primary N) is 1. The maximum atomic E-state index is 11.6. The lowest BCUT2D eigenvalue weighted by Gasteiger charge is -2.28. The van der Waals surface area contributed by atoms with Gasteiger partial charge in [0, 0.05) is 28.7 Å². The summed E-state index contributed by atoms with van der Waals surface area (Å²) < 4.78 is 11.7. The Morgan fingerprint density at radius 1 is 1.08 bits per heavy atom. The van der Waals surface area contributed by atoms with Gasteiger partial charge in [0.1, 0.15) is 29.8 Å². The third-order valence-electron chi connectivity index (χ3n) is 5.74. The molecule has 1 unspecified atom stereocenters. The highest BCUT2D eigenvalue weighted by atomic mass is 32.1. The number of thiophene rings is 1. The molecule has 2 aromatic carbocycles. The summed E-state index contributed by atoms with van der Waals surface area (Å²) in [5.74, 6) is 0.913. The second kappa shape index (κ2) is 12.0. The minimum Gasteiger partial charge on any atom is -0.490 e. The molecule has 4 N–H and O–H groups in total. The van der Waals surface area contributed by atoms with E-state index in [1.54, 1.807) is 29.7 Å². The van der Waals surface area contributed by atoms with Crippen molar-refractivity contribution in [2.75, 3.05) is 13.2 Å². The summed E-state index contributed by atoms with van der Waals surface area (Å²) in [4.78, 5) is 16.8. The summed E-state index contributed by atoms with van der Waals surface area (Å²) in [6.45, 7) is 4.76. The van der Waals surface area contributed by atoms with Crippen molar-refractivity contribution in [1.82, 2.24) is 10.3 Å². The topological polar surface area (TPSA) is 107 Å². The van der Waals surface area contributed by atoms with E-state index >= 15 is 0 Å². The standard InChI is InChI=1S/C29H31N3O4S/c1-29(2,17-20-11-13-22(14-12-20)36-28-24(27(30)34)8-5-15-31-28)32-18-21(33)19-35-25-9-4-3-7-23(25)26-10-6-16-37-26/h3-16,21,32-33H,17-19H2,1-2H3,(H2,30,34). The molecular weight excluding hydrogens is 486 g/mol. The van der Waals surface area contributed by atoms with E-state index in [0.29, 0.717) is 12.3 Å². The Hall–Kier alpha value is -3.72. The molecule has 0 radical (unpaired) electrons. The van der Waals surface area contributed by atoms with Gasteiger partial charge < -0.3 is 25.6 Å². The fraction of sp³-hybridized carbons (Fsp3) is 0.241. The van der Waals surface area contributed by atoms with Gasteiger partial charge in [-0.15, -0.1) is 11.3 Å². The van der Waals surface area contributed by atoms with Gasteiger partial charge in [0.2, 0.25) is 5.88 Å². The molecule has 2 heterocycles. The maximum Gasteiger partial charge on any atom is 0.254 e. The second-order valence-corrected chi connectivity index (χ2v) is 10.3. The van der Waals surface area contributed by atoms with Crippen LogP contribution in [0.5, 0.6) is 17.4 Å². The molecular formula is C29H31N3O4S. The van der Waals surface area contributed by atoms with Crippen LogP contribution in [0.2, 0.25) is 0 Å². The lowest BCUT2D eigenvalue weighted by molar-refractivity contribution is 0.0991. The molecule has 0 saturated heterocycles. The molecule has 37 heavy (non-hydrogen) atoms. The van der Waals surface area contributed by atoms with E-state index in [2.05, 4.69) is 30.2 Å². The highest BCUT2D eigenvalue weighted by molar-refractivity contribution is 7.13. The number of carbonyl (C=O) groups excluding carboxylic acids is 1. The van der Waals surface area contributed by atoms with Gasteiger partial charge in [0.25, 0.3) is 5.91 Å². The molecule has 0 aliphatic carbocycles. The highest BCUT2D eigenvalue weighted by Gasteiger charge is 2.20. The van der Waals surface area contributed by atoms with Crippen LogP contribution in [0.1, 0.15) is 29.8 Å². The van der Waals surface area contributed by atoms with Gasteiger partial charge in [-0.3, -0.25) is 4.79 Å². The van der Waals surface area contributed by atoms with Gasteiger partial charge in [0.15, 0.2) is 0 Å². The number of benzene rings is 2. The summed E-state index contributed by atoms with van der Waals surface area (Å²) >= 11 is 1.66. The van der Waals surface area contributed by atoms with Crippen LogP contribution in [-0.4, -0.2) is 40.8 Å². The number of amides is 1. The minimum atomic E-state index is -0.663. The second-order valence-electron chi connectivity index (χ2n) is 9.35. The summed E-state index contributed by atoms with van der Waals surface area (Å²) in [5, 5.41) is 16.0. The van der Waals surface area contributed by atoms with E-state index in [-0.39, 0.29) is 23.6 Å². The van der Waals surface area contributed by atoms with E-state index in [1.807, 2.05) is 60.0 Å². The van der Waals surface area contributed by atoms with Crippen molar-refractivity contribution in [3.8, 4) is 27.8 Å². The zero-order chi connectivity index (χ0) is 26.3. The zero-order valence-corrected chi connectivity index (χ0v) is 21.7. The molecule has 0 fully saturated rings. The predicted molar refractivity (Wildman–Crippen MR) is 146 cm³/mol. The number of β-amino-alcohol motifs (C(OH)–C–C–N with tert-alkyl or cyclic N) is 1. The molecule has 1 amide bonds. The number of ether oxygens (including phenoxy) is 2. The SMILES string of the molecule is CC(C)(Cc1ccc(Oc2ncccc2C(N)=O)cc1)NCC(O)COc1ccccc1-c1cccs1. The third kappa shape index (κ3) is 7.39. The summed E-state index contributed by atoms with van der Waals surface area (Å²) in [6.07, 6.45) is 1.62. The summed E-state index contributed by atoms with van der Waals surface area (Å²) in [5.41, 5.74) is 7.48. The Labute approximate surface area is 220 Å². The molecule has 1 atom stereocenters. The molecule has 8 heteroatoms. The Morgan fingerprint density at radius 2 is 1.86 bits per heavy atom. The fourth-order valence-corrected chi connectivity index (χ4v) is 4.64. The number of primary amides is 1. The smallest absolute Gasteiger partial charge is 0.254 e. The molecule has 0 bridgehead atoms. The van der Waals surface area contributed by atoms with E-state index in [1.165, 1.54) is 0 Å². The Bertz CT molecular complexity index is 1310. The van der Waals surface area contributed by atoms with Crippen molar-refractivity contribution in [1.29, 1.82) is 0 Å². The molecule has 7 nitrogen and oxygen atoms in total.